The average molecular weight is 343 g/mol. The van der Waals surface area contributed by atoms with Crippen molar-refractivity contribution in [2.75, 3.05) is 26.2 Å². The predicted octanol–water partition coefficient (Wildman–Crippen LogP) is 2.72. The number of halogens is 2. The number of benzene rings is 1. The standard InChI is InChI=1S/C16H20Cl2N2O2/c17-14-4-1-11(7-15(14)18)9-20-5-6-22-13(10-20)8-19-16(21)12-2-3-12/h1,4,7,12-13H,2-3,5-6,8-10H2,(H,19,21)/t13-/m0/s1. The molecule has 1 heterocycles. The molecule has 2 fully saturated rings. The topological polar surface area (TPSA) is 41.6 Å². The SMILES string of the molecule is O=C(NC[C@H]1CN(Cc2ccc(Cl)c(Cl)c2)CCO1)C1CC1. The predicted molar refractivity (Wildman–Crippen MR) is 87.2 cm³/mol. The van der Waals surface area contributed by atoms with E-state index in [0.717, 1.165) is 38.0 Å². The Hall–Kier alpha value is -0.810. The molecule has 0 unspecified atom stereocenters. The number of nitrogens with zero attached hydrogens (tertiary/aromatic N) is 1. The van der Waals surface area contributed by atoms with E-state index in [2.05, 4.69) is 10.2 Å². The van der Waals surface area contributed by atoms with Crippen LogP contribution in [0.15, 0.2) is 18.2 Å². The summed E-state index contributed by atoms with van der Waals surface area (Å²) in [4.78, 5) is 14.0. The maximum atomic E-state index is 11.7. The van der Waals surface area contributed by atoms with E-state index in [-0.39, 0.29) is 17.9 Å². The summed E-state index contributed by atoms with van der Waals surface area (Å²) >= 11 is 12.0. The highest BCUT2D eigenvalue weighted by molar-refractivity contribution is 6.42. The fraction of sp³-hybridized carbons (Fsp3) is 0.562. The van der Waals surface area contributed by atoms with Gasteiger partial charge in [0.2, 0.25) is 5.91 Å². The van der Waals surface area contributed by atoms with Gasteiger partial charge in [-0.15, -0.1) is 0 Å². The van der Waals surface area contributed by atoms with Gasteiger partial charge in [-0.2, -0.15) is 0 Å². The van der Waals surface area contributed by atoms with Crippen molar-refractivity contribution >= 4 is 29.1 Å². The Morgan fingerprint density at radius 2 is 2.14 bits per heavy atom. The Labute approximate surface area is 140 Å². The fourth-order valence-corrected chi connectivity index (χ4v) is 2.97. The molecule has 0 radical (unpaired) electrons. The van der Waals surface area contributed by atoms with E-state index in [9.17, 15) is 4.79 Å². The molecule has 1 aromatic carbocycles. The molecule has 1 aliphatic carbocycles. The van der Waals surface area contributed by atoms with Crippen molar-refractivity contribution in [1.82, 2.24) is 10.2 Å². The van der Waals surface area contributed by atoms with Gasteiger partial charge in [-0.05, 0) is 30.5 Å². The zero-order valence-electron chi connectivity index (χ0n) is 12.4. The third-order valence-corrected chi connectivity index (χ3v) is 4.80. The quantitative estimate of drug-likeness (QED) is 0.894. The number of hydrogen-bond acceptors (Lipinski definition) is 3. The van der Waals surface area contributed by atoms with Crippen LogP contribution in [0.1, 0.15) is 18.4 Å². The summed E-state index contributed by atoms with van der Waals surface area (Å²) in [5.74, 6) is 0.418. The first-order valence-electron chi connectivity index (χ1n) is 7.67. The highest BCUT2D eigenvalue weighted by Gasteiger charge is 2.30. The molecule has 1 aromatic rings. The lowest BCUT2D eigenvalue weighted by atomic mass is 10.2. The molecule has 120 valence electrons. The molecule has 3 rings (SSSR count). The van der Waals surface area contributed by atoms with E-state index in [1.54, 1.807) is 0 Å². The van der Waals surface area contributed by atoms with Gasteiger partial charge in [0.1, 0.15) is 0 Å². The number of rotatable bonds is 5. The molecular weight excluding hydrogens is 323 g/mol. The number of amides is 1. The summed E-state index contributed by atoms with van der Waals surface area (Å²) in [6.45, 7) is 3.78. The number of hydrogen-bond donors (Lipinski definition) is 1. The Morgan fingerprint density at radius 1 is 1.32 bits per heavy atom. The molecule has 1 amide bonds. The largest absolute Gasteiger partial charge is 0.374 e. The van der Waals surface area contributed by atoms with Gasteiger partial charge in [-0.3, -0.25) is 9.69 Å². The molecular formula is C16H20Cl2N2O2. The van der Waals surface area contributed by atoms with Gasteiger partial charge < -0.3 is 10.1 Å². The van der Waals surface area contributed by atoms with Crippen LogP contribution in [0.5, 0.6) is 0 Å². The monoisotopic (exact) mass is 342 g/mol. The van der Waals surface area contributed by atoms with Crippen LogP contribution in [-0.2, 0) is 16.1 Å². The van der Waals surface area contributed by atoms with Gasteiger partial charge in [0.05, 0.1) is 22.8 Å². The Balaban J connectivity index is 1.49. The van der Waals surface area contributed by atoms with Gasteiger partial charge in [-0.25, -0.2) is 0 Å². The minimum absolute atomic E-state index is 0.0548. The molecule has 0 bridgehead atoms. The van der Waals surface area contributed by atoms with E-state index >= 15 is 0 Å². The molecule has 1 saturated heterocycles. The van der Waals surface area contributed by atoms with Crippen molar-refractivity contribution in [3.05, 3.63) is 33.8 Å². The van der Waals surface area contributed by atoms with Crippen molar-refractivity contribution in [2.24, 2.45) is 5.92 Å². The second-order valence-corrected chi connectivity index (χ2v) is 6.81. The second kappa shape index (κ2) is 7.18. The van der Waals surface area contributed by atoms with E-state index in [0.29, 0.717) is 23.2 Å². The zero-order valence-corrected chi connectivity index (χ0v) is 13.9. The van der Waals surface area contributed by atoms with E-state index in [4.69, 9.17) is 27.9 Å². The summed E-state index contributed by atoms with van der Waals surface area (Å²) in [6.07, 6.45) is 2.11. The molecule has 0 spiro atoms. The second-order valence-electron chi connectivity index (χ2n) is 6.00. The summed E-state index contributed by atoms with van der Waals surface area (Å²) in [5.41, 5.74) is 1.14. The third-order valence-electron chi connectivity index (χ3n) is 4.07. The molecule has 22 heavy (non-hydrogen) atoms. The summed E-state index contributed by atoms with van der Waals surface area (Å²) < 4.78 is 5.74. The van der Waals surface area contributed by atoms with Crippen molar-refractivity contribution in [2.45, 2.75) is 25.5 Å². The maximum absolute atomic E-state index is 11.7. The number of carbonyl (C=O) groups excluding carboxylic acids is 1. The number of carbonyl (C=O) groups is 1. The lowest BCUT2D eigenvalue weighted by molar-refractivity contribution is -0.123. The van der Waals surface area contributed by atoms with Crippen LogP contribution >= 0.6 is 23.2 Å². The van der Waals surface area contributed by atoms with Crippen LogP contribution in [0.2, 0.25) is 10.0 Å². The van der Waals surface area contributed by atoms with Crippen LogP contribution in [0, 0.1) is 5.92 Å². The summed E-state index contributed by atoms with van der Waals surface area (Å²) in [7, 11) is 0. The van der Waals surface area contributed by atoms with E-state index in [1.165, 1.54) is 0 Å². The van der Waals surface area contributed by atoms with Gasteiger partial charge in [0.15, 0.2) is 0 Å². The molecule has 6 heteroatoms. The maximum Gasteiger partial charge on any atom is 0.223 e. The molecule has 1 atom stereocenters. The zero-order chi connectivity index (χ0) is 15.5. The highest BCUT2D eigenvalue weighted by Crippen LogP contribution is 2.28. The Morgan fingerprint density at radius 3 is 2.86 bits per heavy atom. The van der Waals surface area contributed by atoms with Crippen molar-refractivity contribution < 1.29 is 9.53 Å². The molecule has 1 aliphatic heterocycles. The molecule has 1 N–H and O–H groups in total. The summed E-state index contributed by atoms with van der Waals surface area (Å²) in [6, 6.07) is 5.73. The minimum Gasteiger partial charge on any atom is -0.374 e. The lowest BCUT2D eigenvalue weighted by Gasteiger charge is -2.33. The number of nitrogens with one attached hydrogen (secondary N) is 1. The Bertz CT molecular complexity index is 549. The van der Waals surface area contributed by atoms with Crippen LogP contribution < -0.4 is 5.32 Å². The molecule has 1 saturated carbocycles. The number of ether oxygens (including phenoxy) is 1. The Kier molecular flexibility index (Phi) is 5.24. The van der Waals surface area contributed by atoms with Gasteiger partial charge in [0, 0.05) is 32.1 Å². The fourth-order valence-electron chi connectivity index (χ4n) is 2.65. The third kappa shape index (κ3) is 4.35. The first-order chi connectivity index (χ1) is 10.6. The van der Waals surface area contributed by atoms with Gasteiger partial charge in [0.25, 0.3) is 0 Å². The van der Waals surface area contributed by atoms with Crippen LogP contribution in [-0.4, -0.2) is 43.2 Å². The van der Waals surface area contributed by atoms with Gasteiger partial charge in [-0.1, -0.05) is 29.3 Å². The highest BCUT2D eigenvalue weighted by atomic mass is 35.5. The minimum atomic E-state index is 0.0548. The van der Waals surface area contributed by atoms with Crippen LogP contribution in [0.3, 0.4) is 0 Å². The van der Waals surface area contributed by atoms with Crippen LogP contribution in [0.4, 0.5) is 0 Å². The molecule has 4 nitrogen and oxygen atoms in total. The normalized spacial score (nSPS) is 22.5. The van der Waals surface area contributed by atoms with E-state index < -0.39 is 0 Å². The summed E-state index contributed by atoms with van der Waals surface area (Å²) in [5, 5.41) is 4.15. The number of morpholine rings is 1. The van der Waals surface area contributed by atoms with Crippen LogP contribution in [0.25, 0.3) is 0 Å². The smallest absolute Gasteiger partial charge is 0.223 e. The van der Waals surface area contributed by atoms with E-state index in [1.807, 2.05) is 18.2 Å². The van der Waals surface area contributed by atoms with Crippen molar-refractivity contribution in [3.8, 4) is 0 Å². The molecule has 0 aromatic heterocycles. The van der Waals surface area contributed by atoms with Crippen molar-refractivity contribution in [1.29, 1.82) is 0 Å². The van der Waals surface area contributed by atoms with Gasteiger partial charge >= 0.3 is 0 Å². The average Bonchev–Trinajstić information content (AvgIpc) is 3.34. The first-order valence-corrected chi connectivity index (χ1v) is 8.43. The molecule has 2 aliphatic rings. The first kappa shape index (κ1) is 16.1. The lowest BCUT2D eigenvalue weighted by Crippen LogP contribution is -2.47. The van der Waals surface area contributed by atoms with Crippen molar-refractivity contribution in [3.63, 3.8) is 0 Å².